The average Bonchev–Trinajstić information content (AvgIpc) is 2.80. The quantitative estimate of drug-likeness (QED) is 0.857. The van der Waals surface area contributed by atoms with Crippen molar-refractivity contribution < 1.29 is 9.90 Å². The van der Waals surface area contributed by atoms with Gasteiger partial charge in [0.2, 0.25) is 0 Å². The molecule has 0 saturated heterocycles. The zero-order valence-corrected chi connectivity index (χ0v) is 10.3. The summed E-state index contributed by atoms with van der Waals surface area (Å²) in [6, 6.07) is 7.58. The lowest BCUT2D eigenvalue weighted by atomic mass is 10.0. The summed E-state index contributed by atoms with van der Waals surface area (Å²) in [7, 11) is 0. The normalized spacial score (nSPS) is 22.4. The van der Waals surface area contributed by atoms with Gasteiger partial charge in [0.25, 0.3) is 0 Å². The van der Waals surface area contributed by atoms with Gasteiger partial charge in [-0.1, -0.05) is 18.6 Å². The van der Waals surface area contributed by atoms with Crippen molar-refractivity contribution >= 4 is 11.7 Å². The maximum atomic E-state index is 11.1. The number of aryl methyl sites for hydroxylation is 1. The molecule has 4 heteroatoms. The molecule has 2 N–H and O–H groups in total. The second-order valence-electron chi connectivity index (χ2n) is 4.74. The van der Waals surface area contributed by atoms with Crippen LogP contribution in [-0.2, 0) is 4.79 Å². The van der Waals surface area contributed by atoms with E-state index in [4.69, 9.17) is 10.4 Å². The molecule has 94 valence electrons. The van der Waals surface area contributed by atoms with E-state index in [1.807, 2.05) is 19.1 Å². The number of carbonyl (C=O) groups is 1. The van der Waals surface area contributed by atoms with Gasteiger partial charge in [-0.15, -0.1) is 0 Å². The minimum Gasteiger partial charge on any atom is -0.481 e. The molecule has 0 aromatic heterocycles. The van der Waals surface area contributed by atoms with Crippen LogP contribution in [0.5, 0.6) is 0 Å². The molecule has 1 fully saturated rings. The van der Waals surface area contributed by atoms with Crippen LogP contribution in [0.1, 0.15) is 30.4 Å². The number of para-hydroxylation sites is 1. The maximum absolute atomic E-state index is 11.1. The number of hydrogen-bond donors (Lipinski definition) is 2. The Hall–Kier alpha value is -2.02. The van der Waals surface area contributed by atoms with Crippen LogP contribution in [0, 0.1) is 24.2 Å². The van der Waals surface area contributed by atoms with Gasteiger partial charge in [0.15, 0.2) is 0 Å². The monoisotopic (exact) mass is 244 g/mol. The van der Waals surface area contributed by atoms with Crippen molar-refractivity contribution in [1.82, 2.24) is 0 Å². The Kier molecular flexibility index (Phi) is 3.52. The van der Waals surface area contributed by atoms with E-state index in [1.165, 1.54) is 0 Å². The van der Waals surface area contributed by atoms with Crippen molar-refractivity contribution in [2.24, 2.45) is 5.92 Å². The summed E-state index contributed by atoms with van der Waals surface area (Å²) < 4.78 is 0. The van der Waals surface area contributed by atoms with Gasteiger partial charge in [-0.25, -0.2) is 0 Å². The molecule has 2 atom stereocenters. The highest BCUT2D eigenvalue weighted by Gasteiger charge is 2.33. The highest BCUT2D eigenvalue weighted by Crippen LogP contribution is 2.31. The number of carboxylic acid groups (broad SMARTS) is 1. The summed E-state index contributed by atoms with van der Waals surface area (Å²) in [5.41, 5.74) is 2.33. The Labute approximate surface area is 106 Å². The molecule has 1 aromatic carbocycles. The molecule has 1 saturated carbocycles. The SMILES string of the molecule is Cc1cccc(C#N)c1NC1CCCC1C(=O)O. The van der Waals surface area contributed by atoms with Crippen LogP contribution < -0.4 is 5.32 Å². The van der Waals surface area contributed by atoms with Gasteiger partial charge in [0.1, 0.15) is 6.07 Å². The number of anilines is 1. The minimum atomic E-state index is -0.753. The van der Waals surface area contributed by atoms with E-state index in [0.717, 1.165) is 24.1 Å². The van der Waals surface area contributed by atoms with Gasteiger partial charge in [-0.2, -0.15) is 5.26 Å². The molecule has 0 bridgehead atoms. The third kappa shape index (κ3) is 2.30. The van der Waals surface area contributed by atoms with E-state index in [-0.39, 0.29) is 12.0 Å². The first-order valence-corrected chi connectivity index (χ1v) is 6.12. The second-order valence-corrected chi connectivity index (χ2v) is 4.74. The van der Waals surface area contributed by atoms with Gasteiger partial charge < -0.3 is 10.4 Å². The smallest absolute Gasteiger partial charge is 0.308 e. The van der Waals surface area contributed by atoms with E-state index in [0.29, 0.717) is 12.0 Å². The first kappa shape index (κ1) is 12.4. The van der Waals surface area contributed by atoms with Gasteiger partial charge in [0, 0.05) is 6.04 Å². The molecular formula is C14H16N2O2. The van der Waals surface area contributed by atoms with E-state index in [1.54, 1.807) is 6.07 Å². The van der Waals surface area contributed by atoms with Gasteiger partial charge in [-0.3, -0.25) is 4.79 Å². The number of nitriles is 1. The molecule has 0 heterocycles. The van der Waals surface area contributed by atoms with E-state index < -0.39 is 5.97 Å². The molecule has 2 unspecified atom stereocenters. The van der Waals surface area contributed by atoms with Crippen molar-refractivity contribution in [3.8, 4) is 6.07 Å². The number of carboxylic acids is 1. The third-order valence-electron chi connectivity index (χ3n) is 3.56. The number of nitrogens with one attached hydrogen (secondary N) is 1. The van der Waals surface area contributed by atoms with Crippen LogP contribution in [-0.4, -0.2) is 17.1 Å². The minimum absolute atomic E-state index is 0.0734. The lowest BCUT2D eigenvalue weighted by Crippen LogP contribution is -2.30. The Balaban J connectivity index is 2.24. The fourth-order valence-electron chi connectivity index (χ4n) is 2.57. The number of benzene rings is 1. The lowest BCUT2D eigenvalue weighted by molar-refractivity contribution is -0.141. The van der Waals surface area contributed by atoms with Crippen molar-refractivity contribution in [3.63, 3.8) is 0 Å². The summed E-state index contributed by atoms with van der Waals surface area (Å²) in [6.45, 7) is 1.92. The molecule has 18 heavy (non-hydrogen) atoms. The molecule has 4 nitrogen and oxygen atoms in total. The molecular weight excluding hydrogens is 228 g/mol. The van der Waals surface area contributed by atoms with Crippen LogP contribution in [0.4, 0.5) is 5.69 Å². The third-order valence-corrected chi connectivity index (χ3v) is 3.56. The highest BCUT2D eigenvalue weighted by atomic mass is 16.4. The second kappa shape index (κ2) is 5.09. The molecule has 0 spiro atoms. The fraction of sp³-hybridized carbons (Fsp3) is 0.429. The van der Waals surface area contributed by atoms with Crippen molar-refractivity contribution in [1.29, 1.82) is 5.26 Å². The van der Waals surface area contributed by atoms with Crippen LogP contribution in [0.2, 0.25) is 0 Å². The van der Waals surface area contributed by atoms with Gasteiger partial charge in [0.05, 0.1) is 17.2 Å². The maximum Gasteiger partial charge on any atom is 0.308 e. The molecule has 2 rings (SSSR count). The van der Waals surface area contributed by atoms with Crippen LogP contribution in [0.15, 0.2) is 18.2 Å². The van der Waals surface area contributed by atoms with E-state index in [2.05, 4.69) is 11.4 Å². The summed E-state index contributed by atoms with van der Waals surface area (Å²) in [5.74, 6) is -1.10. The number of hydrogen-bond acceptors (Lipinski definition) is 3. The first-order valence-electron chi connectivity index (χ1n) is 6.12. The Morgan fingerprint density at radius 3 is 2.94 bits per heavy atom. The zero-order chi connectivity index (χ0) is 13.1. The summed E-state index contributed by atoms with van der Waals surface area (Å²) in [5, 5.41) is 21.5. The van der Waals surface area contributed by atoms with Crippen molar-refractivity contribution in [3.05, 3.63) is 29.3 Å². The zero-order valence-electron chi connectivity index (χ0n) is 10.3. The number of aliphatic carboxylic acids is 1. The first-order chi connectivity index (χ1) is 8.63. The van der Waals surface area contributed by atoms with Crippen LogP contribution in [0.3, 0.4) is 0 Å². The Bertz CT molecular complexity index is 505. The topological polar surface area (TPSA) is 73.1 Å². The van der Waals surface area contributed by atoms with Gasteiger partial charge in [-0.05, 0) is 31.4 Å². The molecule has 0 aliphatic heterocycles. The summed E-state index contributed by atoms with van der Waals surface area (Å²) >= 11 is 0. The van der Waals surface area contributed by atoms with Crippen LogP contribution >= 0.6 is 0 Å². The molecule has 1 aliphatic carbocycles. The standard InChI is InChI=1S/C14H16N2O2/c1-9-4-2-5-10(8-15)13(9)16-12-7-3-6-11(12)14(17)18/h2,4-5,11-12,16H,3,6-7H2,1H3,(H,17,18). The van der Waals surface area contributed by atoms with Crippen LogP contribution in [0.25, 0.3) is 0 Å². The van der Waals surface area contributed by atoms with E-state index >= 15 is 0 Å². The molecule has 1 aromatic rings. The largest absolute Gasteiger partial charge is 0.481 e. The van der Waals surface area contributed by atoms with Crippen molar-refractivity contribution in [2.75, 3.05) is 5.32 Å². The molecule has 0 radical (unpaired) electrons. The Morgan fingerprint density at radius 1 is 1.50 bits per heavy atom. The number of nitrogens with zero attached hydrogens (tertiary/aromatic N) is 1. The predicted molar refractivity (Wildman–Crippen MR) is 68.3 cm³/mol. The van der Waals surface area contributed by atoms with Gasteiger partial charge >= 0.3 is 5.97 Å². The molecule has 1 aliphatic rings. The predicted octanol–water partition coefficient (Wildman–Crippen LogP) is 2.53. The van der Waals surface area contributed by atoms with Crippen molar-refractivity contribution in [2.45, 2.75) is 32.2 Å². The molecule has 0 amide bonds. The lowest BCUT2D eigenvalue weighted by Gasteiger charge is -2.21. The van der Waals surface area contributed by atoms with E-state index in [9.17, 15) is 4.79 Å². The summed E-state index contributed by atoms with van der Waals surface area (Å²) in [4.78, 5) is 11.1. The Morgan fingerprint density at radius 2 is 2.28 bits per heavy atom. The highest BCUT2D eigenvalue weighted by molar-refractivity contribution is 5.73. The fourth-order valence-corrected chi connectivity index (χ4v) is 2.57. The summed E-state index contributed by atoms with van der Waals surface area (Å²) in [6.07, 6.45) is 2.47. The number of rotatable bonds is 3. The average molecular weight is 244 g/mol.